The van der Waals surface area contributed by atoms with Gasteiger partial charge >= 0.3 is 11.9 Å². The summed E-state index contributed by atoms with van der Waals surface area (Å²) in [7, 11) is 0. The number of nitrogens with zero attached hydrogens (tertiary/aromatic N) is 2. The number of carbonyl (C=O) groups is 5. The van der Waals surface area contributed by atoms with Gasteiger partial charge in [-0.25, -0.2) is 4.79 Å². The minimum absolute atomic E-state index is 0.110. The van der Waals surface area contributed by atoms with Crippen LogP contribution in [0.1, 0.15) is 43.8 Å². The van der Waals surface area contributed by atoms with E-state index >= 15 is 0 Å². The summed E-state index contributed by atoms with van der Waals surface area (Å²) < 4.78 is 3.68. The first-order valence-electron chi connectivity index (χ1n) is 13.2. The fourth-order valence-corrected chi connectivity index (χ4v) is 8.76. The Kier molecular flexibility index (Phi) is 7.56. The first kappa shape index (κ1) is 29.9. The lowest BCUT2D eigenvalue weighted by molar-refractivity contribution is -0.161. The highest BCUT2D eigenvalue weighted by Crippen LogP contribution is 2.51. The van der Waals surface area contributed by atoms with E-state index in [1.165, 1.54) is 28.4 Å². The van der Waals surface area contributed by atoms with Crippen LogP contribution in [0.4, 0.5) is 0 Å². The molecule has 3 fully saturated rings. The zero-order chi connectivity index (χ0) is 30.7. The smallest absolute Gasteiger partial charge is 0.327 e. The number of rotatable bonds is 8. The molecule has 6 atom stereocenters. The minimum Gasteiger partial charge on any atom is -0.480 e. The van der Waals surface area contributed by atoms with Gasteiger partial charge in [-0.3, -0.25) is 24.5 Å². The number of benzene rings is 1. The Labute approximate surface area is 249 Å². The van der Waals surface area contributed by atoms with Crippen molar-refractivity contribution in [3.05, 3.63) is 41.7 Å². The maximum Gasteiger partial charge on any atom is 0.327 e. The molecule has 1 aromatic carbocycles. The Bertz CT molecular complexity index is 1460. The first-order chi connectivity index (χ1) is 19.6. The largest absolute Gasteiger partial charge is 0.480 e. The van der Waals surface area contributed by atoms with Crippen molar-refractivity contribution in [3.63, 3.8) is 0 Å². The minimum atomic E-state index is -1.32. The van der Waals surface area contributed by atoms with Crippen LogP contribution in [0.2, 0.25) is 0 Å². The van der Waals surface area contributed by atoms with E-state index < -0.39 is 74.1 Å². The topological polar surface area (TPSA) is 191 Å². The summed E-state index contributed by atoms with van der Waals surface area (Å²) in [4.78, 5) is 65.7. The van der Waals surface area contributed by atoms with Gasteiger partial charge in [0.05, 0.1) is 5.37 Å². The van der Waals surface area contributed by atoms with Crippen LogP contribution >= 0.6 is 23.5 Å². The van der Waals surface area contributed by atoms with Crippen LogP contribution in [0.15, 0.2) is 34.9 Å². The van der Waals surface area contributed by atoms with Crippen molar-refractivity contribution in [2.75, 3.05) is 0 Å². The van der Waals surface area contributed by atoms with Crippen LogP contribution < -0.4 is 16.0 Å². The first-order valence-corrected chi connectivity index (χ1v) is 14.9. The molecule has 15 heteroatoms. The summed E-state index contributed by atoms with van der Waals surface area (Å²) in [6.07, 6.45) is 0. The zero-order valence-electron chi connectivity index (χ0n) is 23.4. The van der Waals surface area contributed by atoms with Gasteiger partial charge in [-0.2, -0.15) is 0 Å². The van der Waals surface area contributed by atoms with Crippen LogP contribution in [0.25, 0.3) is 11.3 Å². The van der Waals surface area contributed by atoms with Crippen molar-refractivity contribution in [3.8, 4) is 11.3 Å². The number of carboxylic acids is 2. The van der Waals surface area contributed by atoms with Gasteiger partial charge in [-0.05, 0) is 34.6 Å². The predicted octanol–water partition coefficient (Wildman–Crippen LogP) is 1.27. The lowest BCUT2D eigenvalue weighted by Gasteiger charge is -2.44. The molecule has 4 heterocycles. The standard InChI is InChI=1S/C27H31N5O8S2/c1-11-13(14(31-40-11)12-9-7-6-8-10-12)19(33)28-15(21-30-17(24(36)37)26(2,3)41-21)20(34)29-16-22(35)32-18(25(38)39)27(4,5)42-23(16)32/h6-10,15-18,21,23,30H,1-5H3,(H,28,33)(H,29,34)(H,36,37)(H,38,39)/t15-,16-,17+,18+,21-,23-/m1/s1. The van der Waals surface area contributed by atoms with Crippen molar-refractivity contribution in [1.82, 2.24) is 26.0 Å². The van der Waals surface area contributed by atoms with Crippen molar-refractivity contribution in [2.45, 2.75) is 79.0 Å². The summed E-state index contributed by atoms with van der Waals surface area (Å²) in [5.41, 5.74) is 1.00. The summed E-state index contributed by atoms with van der Waals surface area (Å²) >= 11 is 2.45. The van der Waals surface area contributed by atoms with Gasteiger partial charge in [0.15, 0.2) is 0 Å². The van der Waals surface area contributed by atoms with E-state index in [9.17, 15) is 34.2 Å². The van der Waals surface area contributed by atoms with E-state index in [2.05, 4.69) is 21.1 Å². The third-order valence-corrected chi connectivity index (χ3v) is 10.8. The second kappa shape index (κ2) is 10.6. The van der Waals surface area contributed by atoms with Gasteiger partial charge in [-0.1, -0.05) is 35.5 Å². The molecule has 2 aromatic rings. The molecule has 0 bridgehead atoms. The molecule has 13 nitrogen and oxygen atoms in total. The van der Waals surface area contributed by atoms with E-state index in [1.807, 2.05) is 6.07 Å². The van der Waals surface area contributed by atoms with Crippen molar-refractivity contribution in [1.29, 1.82) is 0 Å². The molecule has 0 spiro atoms. The SMILES string of the molecule is Cc1onc(-c2ccccc2)c1C(=O)N[C@H](C(=O)N[C@@H]1C(=O)N2[C@@H]1SC(C)(C)[C@@H]2C(=O)O)[C@@H]1N[C@@H](C(=O)O)C(C)(C)S1. The Morgan fingerprint density at radius 3 is 2.31 bits per heavy atom. The van der Waals surface area contributed by atoms with E-state index in [0.29, 0.717) is 5.56 Å². The third-order valence-electron chi connectivity index (χ3n) is 7.69. The highest BCUT2D eigenvalue weighted by atomic mass is 32.2. The molecule has 0 aliphatic carbocycles. The van der Waals surface area contributed by atoms with Crippen LogP contribution in [0, 0.1) is 6.92 Å². The van der Waals surface area contributed by atoms with Crippen LogP contribution in [-0.4, -0.2) is 94.3 Å². The third kappa shape index (κ3) is 5.02. The lowest BCUT2D eigenvalue weighted by atomic mass is 9.96. The van der Waals surface area contributed by atoms with Crippen molar-refractivity contribution in [2.24, 2.45) is 0 Å². The second-order valence-electron chi connectivity index (χ2n) is 11.4. The number of carboxylic acid groups (broad SMARTS) is 2. The Morgan fingerprint density at radius 2 is 1.71 bits per heavy atom. The normalized spacial score (nSPS) is 28.0. The van der Waals surface area contributed by atoms with Gasteiger partial charge in [0.25, 0.3) is 5.91 Å². The van der Waals surface area contributed by atoms with Gasteiger partial charge in [-0.15, -0.1) is 23.5 Å². The Balaban J connectivity index is 1.42. The summed E-state index contributed by atoms with van der Waals surface area (Å²) in [5.74, 6) is -3.96. The van der Waals surface area contributed by atoms with Crippen LogP contribution in [0.5, 0.6) is 0 Å². The average Bonchev–Trinajstić information content (AvgIpc) is 3.54. The molecule has 5 rings (SSSR count). The van der Waals surface area contributed by atoms with Crippen molar-refractivity contribution >= 4 is 53.2 Å². The number of carbonyl (C=O) groups excluding carboxylic acids is 3. The molecule has 224 valence electrons. The predicted molar refractivity (Wildman–Crippen MR) is 154 cm³/mol. The second-order valence-corrected chi connectivity index (χ2v) is 15.0. The van der Waals surface area contributed by atoms with E-state index in [4.69, 9.17) is 4.52 Å². The van der Waals surface area contributed by atoms with Gasteiger partial charge in [0.1, 0.15) is 46.6 Å². The molecule has 3 aliphatic rings. The maximum atomic E-state index is 13.8. The monoisotopic (exact) mass is 617 g/mol. The molecule has 3 amide bonds. The number of β-lactam (4-membered cyclic amide) rings is 1. The fourth-order valence-electron chi connectivity index (χ4n) is 5.64. The van der Waals surface area contributed by atoms with Crippen molar-refractivity contribution < 1.29 is 38.7 Å². The molecule has 3 aliphatic heterocycles. The van der Waals surface area contributed by atoms with E-state index in [1.54, 1.807) is 58.9 Å². The molecule has 5 N–H and O–H groups in total. The number of fused-ring (bicyclic) bond motifs is 1. The number of amides is 3. The number of nitrogens with one attached hydrogen (secondary N) is 3. The molecule has 1 aromatic heterocycles. The van der Waals surface area contributed by atoms with Gasteiger partial charge < -0.3 is 30.3 Å². The maximum absolute atomic E-state index is 13.8. The average molecular weight is 618 g/mol. The highest BCUT2D eigenvalue weighted by Gasteiger charge is 2.64. The number of aromatic nitrogens is 1. The van der Waals surface area contributed by atoms with Gasteiger partial charge in [0.2, 0.25) is 11.8 Å². The number of hydrogen-bond donors (Lipinski definition) is 5. The summed E-state index contributed by atoms with van der Waals surface area (Å²) in [5, 5.41) is 30.4. The molecular weight excluding hydrogens is 586 g/mol. The lowest BCUT2D eigenvalue weighted by Crippen LogP contribution is -2.72. The molecule has 42 heavy (non-hydrogen) atoms. The zero-order valence-corrected chi connectivity index (χ0v) is 25.0. The number of aliphatic carboxylic acids is 2. The Morgan fingerprint density at radius 1 is 1.05 bits per heavy atom. The quantitative estimate of drug-likeness (QED) is 0.267. The molecule has 0 unspecified atom stereocenters. The summed E-state index contributed by atoms with van der Waals surface area (Å²) in [6, 6.07) is 4.46. The fraction of sp³-hybridized carbons (Fsp3) is 0.481. The number of hydrogen-bond acceptors (Lipinski definition) is 10. The number of aryl methyl sites for hydroxylation is 1. The molecular formula is C27H31N5O8S2. The highest BCUT2D eigenvalue weighted by molar-refractivity contribution is 8.02. The molecule has 0 radical (unpaired) electrons. The summed E-state index contributed by atoms with van der Waals surface area (Å²) in [6.45, 7) is 8.45. The van der Waals surface area contributed by atoms with E-state index in [-0.39, 0.29) is 17.0 Å². The number of thioether (sulfide) groups is 2. The van der Waals surface area contributed by atoms with Crippen LogP contribution in [-0.2, 0) is 19.2 Å². The van der Waals surface area contributed by atoms with E-state index in [0.717, 1.165) is 0 Å². The molecule has 3 saturated heterocycles. The van der Waals surface area contributed by atoms with Crippen LogP contribution in [0.3, 0.4) is 0 Å². The Hall–Kier alpha value is -3.56. The van der Waals surface area contributed by atoms with Gasteiger partial charge in [0, 0.05) is 15.1 Å². The molecule has 0 saturated carbocycles.